The van der Waals surface area contributed by atoms with Gasteiger partial charge in [-0.15, -0.1) is 0 Å². The van der Waals surface area contributed by atoms with Crippen LogP contribution in [0.15, 0.2) is 18.3 Å². The summed E-state index contributed by atoms with van der Waals surface area (Å²) in [6.45, 7) is 11.1. The molecule has 0 amide bonds. The molecule has 4 heteroatoms. The van der Waals surface area contributed by atoms with Crippen LogP contribution in [0.3, 0.4) is 0 Å². The molecule has 1 aliphatic rings. The number of likely N-dealkylation sites (tertiary alicyclic amines) is 1. The first-order valence-corrected chi connectivity index (χ1v) is 8.30. The summed E-state index contributed by atoms with van der Waals surface area (Å²) in [5, 5.41) is 3.40. The van der Waals surface area contributed by atoms with Crippen molar-refractivity contribution in [2.45, 2.75) is 45.7 Å². The highest BCUT2D eigenvalue weighted by molar-refractivity contribution is 5.45. The molecule has 1 saturated heterocycles. The van der Waals surface area contributed by atoms with Crippen molar-refractivity contribution in [3.63, 3.8) is 0 Å². The molecular formula is C17H30N4. The lowest BCUT2D eigenvalue weighted by molar-refractivity contribution is 0.221. The summed E-state index contributed by atoms with van der Waals surface area (Å²) in [6.07, 6.45) is 4.52. The van der Waals surface area contributed by atoms with Crippen molar-refractivity contribution < 1.29 is 0 Å². The number of nitrogens with zero attached hydrogens (tertiary/aromatic N) is 3. The minimum atomic E-state index is 0.321. The molecule has 21 heavy (non-hydrogen) atoms. The van der Waals surface area contributed by atoms with Gasteiger partial charge in [-0.05, 0) is 45.0 Å². The molecule has 1 atom stereocenters. The molecule has 2 rings (SSSR count). The first-order chi connectivity index (χ1) is 10.2. The number of piperidine rings is 1. The van der Waals surface area contributed by atoms with Gasteiger partial charge >= 0.3 is 0 Å². The lowest BCUT2D eigenvalue weighted by Crippen LogP contribution is -2.43. The zero-order valence-corrected chi connectivity index (χ0v) is 14.0. The number of aromatic nitrogens is 1. The van der Waals surface area contributed by atoms with Gasteiger partial charge in [0.05, 0.1) is 17.6 Å². The molecule has 0 radical (unpaired) electrons. The van der Waals surface area contributed by atoms with E-state index in [1.807, 2.05) is 6.20 Å². The molecule has 0 aliphatic carbocycles. The molecule has 1 aromatic rings. The Balaban J connectivity index is 1.95. The van der Waals surface area contributed by atoms with Crippen molar-refractivity contribution in [2.24, 2.45) is 0 Å². The second-order valence-corrected chi connectivity index (χ2v) is 6.00. The molecule has 1 fully saturated rings. The molecule has 0 saturated carbocycles. The number of hydrogen-bond acceptors (Lipinski definition) is 4. The lowest BCUT2D eigenvalue weighted by Gasteiger charge is -2.37. The number of rotatable bonds is 6. The topological polar surface area (TPSA) is 31.4 Å². The van der Waals surface area contributed by atoms with E-state index >= 15 is 0 Å². The van der Waals surface area contributed by atoms with E-state index in [0.29, 0.717) is 12.1 Å². The van der Waals surface area contributed by atoms with E-state index in [0.717, 1.165) is 12.2 Å². The Morgan fingerprint density at radius 2 is 2.05 bits per heavy atom. The fourth-order valence-electron chi connectivity index (χ4n) is 3.11. The average molecular weight is 290 g/mol. The van der Waals surface area contributed by atoms with E-state index < -0.39 is 0 Å². The second kappa shape index (κ2) is 7.76. The molecule has 4 nitrogen and oxygen atoms in total. The van der Waals surface area contributed by atoms with Crippen molar-refractivity contribution in [3.8, 4) is 0 Å². The average Bonchev–Trinajstić information content (AvgIpc) is 2.54. The highest BCUT2D eigenvalue weighted by atomic mass is 15.2. The second-order valence-electron chi connectivity index (χ2n) is 6.00. The van der Waals surface area contributed by atoms with Gasteiger partial charge in [-0.25, -0.2) is 0 Å². The highest BCUT2D eigenvalue weighted by Gasteiger charge is 2.22. The van der Waals surface area contributed by atoms with Crippen LogP contribution in [0.5, 0.6) is 0 Å². The molecule has 0 bridgehead atoms. The van der Waals surface area contributed by atoms with E-state index in [9.17, 15) is 0 Å². The van der Waals surface area contributed by atoms with Crippen molar-refractivity contribution >= 4 is 5.69 Å². The molecule has 1 N–H and O–H groups in total. The smallest absolute Gasteiger partial charge is 0.0572 e. The largest absolute Gasteiger partial charge is 0.370 e. The molecule has 1 unspecified atom stereocenters. The summed E-state index contributed by atoms with van der Waals surface area (Å²) in [5.41, 5.74) is 2.35. The molecule has 1 aliphatic heterocycles. The summed E-state index contributed by atoms with van der Waals surface area (Å²) in [6, 6.07) is 5.33. The fraction of sp³-hybridized carbons (Fsp3) is 0.706. The van der Waals surface area contributed by atoms with E-state index in [2.05, 4.69) is 60.1 Å². The van der Waals surface area contributed by atoms with Gasteiger partial charge in [0.15, 0.2) is 0 Å². The van der Waals surface area contributed by atoms with Crippen LogP contribution in [0, 0.1) is 0 Å². The predicted octanol–water partition coefficient (Wildman–Crippen LogP) is 2.67. The summed E-state index contributed by atoms with van der Waals surface area (Å²) >= 11 is 0. The maximum atomic E-state index is 4.63. The first-order valence-electron chi connectivity index (χ1n) is 8.30. The number of pyridine rings is 1. The van der Waals surface area contributed by atoms with Crippen molar-refractivity contribution in [2.75, 3.05) is 38.1 Å². The first kappa shape index (κ1) is 16.2. The Morgan fingerprint density at radius 3 is 2.57 bits per heavy atom. The number of hydrogen-bond donors (Lipinski definition) is 1. The van der Waals surface area contributed by atoms with Crippen LogP contribution in [0.4, 0.5) is 5.69 Å². The Bertz CT molecular complexity index is 409. The van der Waals surface area contributed by atoms with Gasteiger partial charge in [-0.1, -0.05) is 13.8 Å². The van der Waals surface area contributed by atoms with Crippen molar-refractivity contribution in [1.82, 2.24) is 15.2 Å². The molecule has 1 aromatic heterocycles. The fourth-order valence-corrected chi connectivity index (χ4v) is 3.11. The highest BCUT2D eigenvalue weighted by Crippen LogP contribution is 2.22. The van der Waals surface area contributed by atoms with Crippen LogP contribution in [-0.4, -0.2) is 49.2 Å². The third kappa shape index (κ3) is 4.17. The Labute approximate surface area is 129 Å². The minimum absolute atomic E-state index is 0.321. The van der Waals surface area contributed by atoms with E-state index in [1.54, 1.807) is 0 Å². The van der Waals surface area contributed by atoms with E-state index in [1.165, 1.54) is 38.2 Å². The van der Waals surface area contributed by atoms with Gasteiger partial charge in [-0.3, -0.25) is 4.98 Å². The van der Waals surface area contributed by atoms with Gasteiger partial charge in [0.25, 0.3) is 0 Å². The predicted molar refractivity (Wildman–Crippen MR) is 89.9 cm³/mol. The normalized spacial score (nSPS) is 18.7. The lowest BCUT2D eigenvalue weighted by atomic mass is 10.0. The summed E-state index contributed by atoms with van der Waals surface area (Å²) in [7, 11) is 2.21. The van der Waals surface area contributed by atoms with Crippen LogP contribution in [0.2, 0.25) is 0 Å². The Morgan fingerprint density at radius 1 is 1.33 bits per heavy atom. The third-order valence-corrected chi connectivity index (χ3v) is 4.68. The third-order valence-electron chi connectivity index (χ3n) is 4.68. The summed E-state index contributed by atoms with van der Waals surface area (Å²) in [4.78, 5) is 9.57. The van der Waals surface area contributed by atoms with Crippen molar-refractivity contribution in [1.29, 1.82) is 0 Å². The van der Waals surface area contributed by atoms with Crippen LogP contribution in [-0.2, 0) is 0 Å². The summed E-state index contributed by atoms with van der Waals surface area (Å²) < 4.78 is 0. The standard InChI is InChI=1S/C17H30N4/c1-5-18-14(3)17-8-7-16(13-19-17)20(4)15-9-11-21(6-2)12-10-15/h7-8,13-15,18H,5-6,9-12H2,1-4H3. The summed E-state index contributed by atoms with van der Waals surface area (Å²) in [5.74, 6) is 0. The minimum Gasteiger partial charge on any atom is -0.370 e. The van der Waals surface area contributed by atoms with E-state index in [4.69, 9.17) is 0 Å². The maximum absolute atomic E-state index is 4.63. The SMILES string of the molecule is CCNC(C)c1ccc(N(C)C2CCN(CC)CC2)cn1. The maximum Gasteiger partial charge on any atom is 0.0572 e. The molecule has 0 spiro atoms. The Hall–Kier alpha value is -1.13. The van der Waals surface area contributed by atoms with Gasteiger partial charge in [0.1, 0.15) is 0 Å². The zero-order valence-electron chi connectivity index (χ0n) is 14.0. The van der Waals surface area contributed by atoms with Crippen LogP contribution in [0.25, 0.3) is 0 Å². The number of nitrogens with one attached hydrogen (secondary N) is 1. The molecular weight excluding hydrogens is 260 g/mol. The van der Waals surface area contributed by atoms with E-state index in [-0.39, 0.29) is 0 Å². The molecule has 118 valence electrons. The number of anilines is 1. The van der Waals surface area contributed by atoms with Crippen LogP contribution >= 0.6 is 0 Å². The van der Waals surface area contributed by atoms with Gasteiger partial charge in [0, 0.05) is 32.2 Å². The van der Waals surface area contributed by atoms with Crippen molar-refractivity contribution in [3.05, 3.63) is 24.0 Å². The van der Waals surface area contributed by atoms with Gasteiger partial charge in [0.2, 0.25) is 0 Å². The van der Waals surface area contributed by atoms with Crippen LogP contribution < -0.4 is 10.2 Å². The Kier molecular flexibility index (Phi) is 6.00. The van der Waals surface area contributed by atoms with Gasteiger partial charge in [-0.2, -0.15) is 0 Å². The van der Waals surface area contributed by atoms with Gasteiger partial charge < -0.3 is 15.1 Å². The monoisotopic (exact) mass is 290 g/mol. The molecule has 2 heterocycles. The van der Waals surface area contributed by atoms with Crippen LogP contribution in [0.1, 0.15) is 45.3 Å². The molecule has 0 aromatic carbocycles. The quantitative estimate of drug-likeness (QED) is 0.873. The zero-order chi connectivity index (χ0) is 15.2.